The van der Waals surface area contributed by atoms with E-state index in [1.165, 1.54) is 12.8 Å². The van der Waals surface area contributed by atoms with E-state index in [0.717, 1.165) is 13.2 Å². The molecular weight excluding hydrogens is 154 g/mol. The lowest BCUT2D eigenvalue weighted by atomic mass is 10.2. The molecule has 0 saturated carbocycles. The van der Waals surface area contributed by atoms with E-state index in [9.17, 15) is 0 Å². The van der Waals surface area contributed by atoms with Gasteiger partial charge in [-0.1, -0.05) is 0 Å². The van der Waals surface area contributed by atoms with Gasteiger partial charge in [-0.25, -0.2) is 0 Å². The van der Waals surface area contributed by atoms with Crippen molar-refractivity contribution in [3.05, 3.63) is 0 Å². The predicted molar refractivity (Wildman–Crippen MR) is 48.3 cm³/mol. The van der Waals surface area contributed by atoms with Crippen molar-refractivity contribution in [3.63, 3.8) is 0 Å². The average Bonchev–Trinajstić information content (AvgIpc) is 2.38. The minimum absolute atomic E-state index is 0.593. The number of likely N-dealkylation sites (N-methyl/N-ethyl adjacent to an activating group) is 1. The van der Waals surface area contributed by atoms with Gasteiger partial charge in [0.2, 0.25) is 0 Å². The second-order valence-electron chi connectivity index (χ2n) is 3.46. The molecule has 12 heavy (non-hydrogen) atoms. The fourth-order valence-electron chi connectivity index (χ4n) is 1.88. The first kappa shape index (κ1) is 9.96. The van der Waals surface area contributed by atoms with E-state index >= 15 is 0 Å². The number of methoxy groups -OCH3 is 2. The van der Waals surface area contributed by atoms with Crippen molar-refractivity contribution in [2.75, 3.05) is 34.5 Å². The second kappa shape index (κ2) is 4.80. The molecule has 0 aromatic carbocycles. The third kappa shape index (κ3) is 2.19. The molecule has 3 heteroatoms. The number of rotatable bonds is 4. The van der Waals surface area contributed by atoms with Crippen LogP contribution in [0.3, 0.4) is 0 Å². The first-order valence-corrected chi connectivity index (χ1v) is 4.49. The summed E-state index contributed by atoms with van der Waals surface area (Å²) in [6.07, 6.45) is 2.47. The Hall–Kier alpha value is -0.120. The van der Waals surface area contributed by atoms with E-state index < -0.39 is 0 Å². The highest BCUT2D eigenvalue weighted by atomic mass is 16.5. The molecule has 0 aromatic rings. The molecule has 0 radical (unpaired) electrons. The van der Waals surface area contributed by atoms with Crippen molar-refractivity contribution < 1.29 is 9.47 Å². The van der Waals surface area contributed by atoms with Gasteiger partial charge in [0.15, 0.2) is 0 Å². The molecule has 3 nitrogen and oxygen atoms in total. The van der Waals surface area contributed by atoms with Gasteiger partial charge in [-0.15, -0.1) is 0 Å². The highest BCUT2D eigenvalue weighted by molar-refractivity contribution is 4.84. The quantitative estimate of drug-likeness (QED) is 0.626. The molecule has 72 valence electrons. The van der Waals surface area contributed by atoms with Crippen LogP contribution >= 0.6 is 0 Å². The van der Waals surface area contributed by atoms with E-state index in [1.54, 1.807) is 14.2 Å². The summed E-state index contributed by atoms with van der Waals surface area (Å²) in [5, 5.41) is 0. The molecule has 0 aliphatic carbocycles. The lowest BCUT2D eigenvalue weighted by molar-refractivity contribution is 0.0801. The average molecular weight is 173 g/mol. The largest absolute Gasteiger partial charge is 0.383 e. The van der Waals surface area contributed by atoms with Crippen LogP contribution in [0, 0.1) is 0 Å². The highest BCUT2D eigenvalue weighted by Gasteiger charge is 2.29. The molecule has 1 fully saturated rings. The molecule has 0 bridgehead atoms. The zero-order valence-corrected chi connectivity index (χ0v) is 8.25. The number of ether oxygens (including phenoxy) is 2. The first-order chi connectivity index (χ1) is 5.79. The molecule has 2 atom stereocenters. The molecule has 1 aliphatic heterocycles. The molecule has 0 spiro atoms. The maximum atomic E-state index is 5.14. The van der Waals surface area contributed by atoms with E-state index in [2.05, 4.69) is 11.9 Å². The van der Waals surface area contributed by atoms with Crippen LogP contribution in [-0.4, -0.2) is 51.5 Å². The van der Waals surface area contributed by atoms with E-state index in [4.69, 9.17) is 9.47 Å². The Bertz CT molecular complexity index is 116. The van der Waals surface area contributed by atoms with Gasteiger partial charge < -0.3 is 9.47 Å². The normalized spacial score (nSPS) is 31.2. The fourth-order valence-corrected chi connectivity index (χ4v) is 1.88. The second-order valence-corrected chi connectivity index (χ2v) is 3.46. The minimum atomic E-state index is 0.593. The summed E-state index contributed by atoms with van der Waals surface area (Å²) in [6, 6.07) is 1.19. The summed E-state index contributed by atoms with van der Waals surface area (Å²) in [5.74, 6) is 0. The van der Waals surface area contributed by atoms with Crippen LogP contribution in [-0.2, 0) is 9.47 Å². The van der Waals surface area contributed by atoms with Crippen molar-refractivity contribution in [1.82, 2.24) is 4.90 Å². The molecule has 1 saturated heterocycles. The zero-order chi connectivity index (χ0) is 8.97. The molecular formula is C9H19NO2. The van der Waals surface area contributed by atoms with E-state index in [0.29, 0.717) is 12.1 Å². The van der Waals surface area contributed by atoms with Crippen LogP contribution in [0.15, 0.2) is 0 Å². The van der Waals surface area contributed by atoms with Crippen LogP contribution in [0.2, 0.25) is 0 Å². The van der Waals surface area contributed by atoms with Gasteiger partial charge in [0.1, 0.15) is 0 Å². The van der Waals surface area contributed by atoms with Crippen molar-refractivity contribution in [1.29, 1.82) is 0 Å². The van der Waals surface area contributed by atoms with Gasteiger partial charge in [0.25, 0.3) is 0 Å². The molecule has 1 heterocycles. The monoisotopic (exact) mass is 173 g/mol. The van der Waals surface area contributed by atoms with Gasteiger partial charge in [0.05, 0.1) is 13.2 Å². The topological polar surface area (TPSA) is 21.7 Å². The smallest absolute Gasteiger partial charge is 0.0618 e. The Kier molecular flexibility index (Phi) is 3.98. The van der Waals surface area contributed by atoms with Crippen molar-refractivity contribution in [2.24, 2.45) is 0 Å². The van der Waals surface area contributed by atoms with Crippen LogP contribution in [0.1, 0.15) is 12.8 Å². The number of nitrogens with zero attached hydrogens (tertiary/aromatic N) is 1. The molecule has 0 aromatic heterocycles. The minimum Gasteiger partial charge on any atom is -0.383 e. The summed E-state index contributed by atoms with van der Waals surface area (Å²) < 4.78 is 10.3. The predicted octanol–water partition coefficient (Wildman–Crippen LogP) is 0.742. The van der Waals surface area contributed by atoms with Gasteiger partial charge in [0, 0.05) is 26.3 Å². The Balaban J connectivity index is 2.32. The van der Waals surface area contributed by atoms with Crippen LogP contribution in [0.5, 0.6) is 0 Å². The standard InChI is InChI=1S/C9H19NO2/c1-10-8(6-11-2)4-5-9(10)7-12-3/h8-9H,4-7H2,1-3H3/t8-,9+. The van der Waals surface area contributed by atoms with Gasteiger partial charge in [-0.3, -0.25) is 4.90 Å². The number of hydrogen-bond donors (Lipinski definition) is 0. The summed E-state index contributed by atoms with van der Waals surface area (Å²) in [6.45, 7) is 1.69. The number of likely N-dealkylation sites (tertiary alicyclic amines) is 1. The summed E-state index contributed by atoms with van der Waals surface area (Å²) in [7, 11) is 5.68. The Morgan fingerprint density at radius 2 is 1.50 bits per heavy atom. The van der Waals surface area contributed by atoms with Crippen LogP contribution in [0.4, 0.5) is 0 Å². The molecule has 0 unspecified atom stereocenters. The lowest BCUT2D eigenvalue weighted by Gasteiger charge is -2.24. The lowest BCUT2D eigenvalue weighted by Crippen LogP contribution is -2.37. The Labute approximate surface area is 74.6 Å². The molecule has 1 aliphatic rings. The van der Waals surface area contributed by atoms with Gasteiger partial charge in [-0.2, -0.15) is 0 Å². The summed E-state index contributed by atoms with van der Waals surface area (Å²) >= 11 is 0. The molecule has 0 N–H and O–H groups in total. The Morgan fingerprint density at radius 3 is 1.83 bits per heavy atom. The summed E-state index contributed by atoms with van der Waals surface area (Å²) in [5.41, 5.74) is 0. The Morgan fingerprint density at radius 1 is 1.08 bits per heavy atom. The maximum Gasteiger partial charge on any atom is 0.0618 e. The molecule has 0 amide bonds. The fraction of sp³-hybridized carbons (Fsp3) is 1.00. The van der Waals surface area contributed by atoms with Crippen molar-refractivity contribution >= 4 is 0 Å². The third-order valence-corrected chi connectivity index (χ3v) is 2.70. The highest BCUT2D eigenvalue weighted by Crippen LogP contribution is 2.22. The summed E-state index contributed by atoms with van der Waals surface area (Å²) in [4.78, 5) is 2.37. The first-order valence-electron chi connectivity index (χ1n) is 4.49. The van der Waals surface area contributed by atoms with Gasteiger partial charge >= 0.3 is 0 Å². The van der Waals surface area contributed by atoms with Crippen molar-refractivity contribution in [3.8, 4) is 0 Å². The third-order valence-electron chi connectivity index (χ3n) is 2.70. The molecule has 1 rings (SSSR count). The number of hydrogen-bond acceptors (Lipinski definition) is 3. The van der Waals surface area contributed by atoms with E-state index in [-0.39, 0.29) is 0 Å². The van der Waals surface area contributed by atoms with Crippen LogP contribution in [0.25, 0.3) is 0 Å². The van der Waals surface area contributed by atoms with Crippen molar-refractivity contribution in [2.45, 2.75) is 24.9 Å². The van der Waals surface area contributed by atoms with E-state index in [1.807, 2.05) is 0 Å². The van der Waals surface area contributed by atoms with Gasteiger partial charge in [-0.05, 0) is 19.9 Å². The zero-order valence-electron chi connectivity index (χ0n) is 8.25. The SMILES string of the molecule is COC[C@H]1CC[C@@H](COC)N1C. The maximum absolute atomic E-state index is 5.14. The van der Waals surface area contributed by atoms with Crippen LogP contribution < -0.4 is 0 Å².